The van der Waals surface area contributed by atoms with Gasteiger partial charge in [-0.05, 0) is 36.4 Å². The van der Waals surface area contributed by atoms with Gasteiger partial charge in [-0.1, -0.05) is 78.6 Å². The average molecular weight is 478 g/mol. The number of thioether (sulfide) groups is 1. The molecule has 4 rings (SSSR count). The van der Waals surface area contributed by atoms with Crippen LogP contribution >= 0.6 is 24.0 Å². The zero-order valence-corrected chi connectivity index (χ0v) is 19.5. The molecule has 1 aliphatic heterocycles. The molecule has 0 spiro atoms. The molecule has 1 saturated heterocycles. The van der Waals surface area contributed by atoms with Crippen LogP contribution in [0, 0.1) is 0 Å². The zero-order chi connectivity index (χ0) is 22.9. The van der Waals surface area contributed by atoms with E-state index in [0.717, 1.165) is 17.0 Å². The Morgan fingerprint density at radius 2 is 1.42 bits per heavy atom. The number of amides is 1. The van der Waals surface area contributed by atoms with Gasteiger partial charge in [0, 0.05) is 5.56 Å². The third-order valence-corrected chi connectivity index (χ3v) is 6.04. The summed E-state index contributed by atoms with van der Waals surface area (Å²) in [6.45, 7) is 1.77. The minimum absolute atomic E-state index is 0.132. The van der Waals surface area contributed by atoms with Gasteiger partial charge in [-0.25, -0.2) is 0 Å². The molecule has 0 radical (unpaired) electrons. The Kier molecular flexibility index (Phi) is 8.14. The molecule has 1 heterocycles. The summed E-state index contributed by atoms with van der Waals surface area (Å²) >= 11 is 6.74. The minimum atomic E-state index is -0.132. The topological polar surface area (TPSA) is 48.0 Å². The predicted molar refractivity (Wildman–Crippen MR) is 137 cm³/mol. The summed E-state index contributed by atoms with van der Waals surface area (Å²) in [5.41, 5.74) is 1.58. The molecule has 1 aliphatic rings. The van der Waals surface area contributed by atoms with Gasteiger partial charge < -0.3 is 14.2 Å². The van der Waals surface area contributed by atoms with E-state index in [-0.39, 0.29) is 5.91 Å². The van der Waals surface area contributed by atoms with Crippen molar-refractivity contribution in [3.05, 3.63) is 95.4 Å². The molecule has 7 heteroatoms. The summed E-state index contributed by atoms with van der Waals surface area (Å²) < 4.78 is 17.6. The first kappa shape index (κ1) is 23.0. The fraction of sp³-hybridized carbons (Fsp3) is 0.154. The second-order valence-electron chi connectivity index (χ2n) is 7.01. The van der Waals surface area contributed by atoms with E-state index in [2.05, 4.69) is 0 Å². The highest BCUT2D eigenvalue weighted by Crippen LogP contribution is 2.37. The van der Waals surface area contributed by atoms with Gasteiger partial charge in [-0.2, -0.15) is 0 Å². The van der Waals surface area contributed by atoms with E-state index in [1.54, 1.807) is 4.90 Å². The molecule has 3 aromatic rings. The summed E-state index contributed by atoms with van der Waals surface area (Å²) in [6, 6.07) is 26.7. The van der Waals surface area contributed by atoms with Crippen molar-refractivity contribution in [2.45, 2.75) is 0 Å². The van der Waals surface area contributed by atoms with Gasteiger partial charge in [0.05, 0.1) is 23.8 Å². The smallest absolute Gasteiger partial charge is 0.270 e. The molecule has 0 bridgehead atoms. The number of hydrogen-bond acceptors (Lipinski definition) is 6. The van der Waals surface area contributed by atoms with Crippen LogP contribution in [0.25, 0.3) is 6.08 Å². The molecule has 5 nitrogen and oxygen atoms in total. The number of rotatable bonds is 10. The van der Waals surface area contributed by atoms with E-state index in [0.29, 0.717) is 41.4 Å². The molecule has 0 aromatic heterocycles. The Morgan fingerprint density at radius 3 is 2.18 bits per heavy atom. The fourth-order valence-corrected chi connectivity index (χ4v) is 4.48. The maximum Gasteiger partial charge on any atom is 0.270 e. The number of hydrogen-bond donors (Lipinski definition) is 0. The van der Waals surface area contributed by atoms with E-state index in [4.69, 9.17) is 26.4 Å². The van der Waals surface area contributed by atoms with Crippen LogP contribution in [-0.2, 0) is 9.53 Å². The number of para-hydroxylation sites is 3. The van der Waals surface area contributed by atoms with Crippen molar-refractivity contribution in [2.75, 3.05) is 31.3 Å². The fourth-order valence-electron chi connectivity index (χ4n) is 3.19. The molecule has 0 N–H and O–H groups in total. The number of carbonyl (C=O) groups is 1. The van der Waals surface area contributed by atoms with Gasteiger partial charge in [-0.3, -0.25) is 9.69 Å². The molecule has 0 atom stereocenters. The summed E-state index contributed by atoms with van der Waals surface area (Å²) in [5.74, 6) is 1.38. The molecule has 0 aliphatic carbocycles. The van der Waals surface area contributed by atoms with E-state index in [1.165, 1.54) is 11.8 Å². The highest BCUT2D eigenvalue weighted by molar-refractivity contribution is 8.27. The van der Waals surface area contributed by atoms with Crippen molar-refractivity contribution in [3.63, 3.8) is 0 Å². The van der Waals surface area contributed by atoms with Crippen molar-refractivity contribution in [3.8, 4) is 11.5 Å². The normalized spacial score (nSPS) is 14.7. The summed E-state index contributed by atoms with van der Waals surface area (Å²) in [6.07, 6.45) is 1.83. The molecule has 33 heavy (non-hydrogen) atoms. The first-order valence-electron chi connectivity index (χ1n) is 10.5. The van der Waals surface area contributed by atoms with Crippen LogP contribution in [0.2, 0.25) is 0 Å². The van der Waals surface area contributed by atoms with Crippen LogP contribution in [0.3, 0.4) is 0 Å². The predicted octanol–water partition coefficient (Wildman–Crippen LogP) is 5.57. The second-order valence-corrected chi connectivity index (χ2v) is 8.69. The first-order chi connectivity index (χ1) is 16.2. The van der Waals surface area contributed by atoms with Crippen LogP contribution in [0.4, 0.5) is 5.69 Å². The molecular formula is C26H23NO4S2. The lowest BCUT2D eigenvalue weighted by Crippen LogP contribution is -2.27. The van der Waals surface area contributed by atoms with Gasteiger partial charge in [0.2, 0.25) is 0 Å². The lowest BCUT2D eigenvalue weighted by atomic mass is 10.2. The maximum atomic E-state index is 13.0. The van der Waals surface area contributed by atoms with Crippen molar-refractivity contribution in [1.29, 1.82) is 0 Å². The summed E-state index contributed by atoms with van der Waals surface area (Å²) in [4.78, 5) is 15.1. The number of anilines is 1. The number of nitrogens with zero attached hydrogens (tertiary/aromatic N) is 1. The third kappa shape index (κ3) is 6.22. The van der Waals surface area contributed by atoms with Crippen molar-refractivity contribution >= 4 is 46.0 Å². The van der Waals surface area contributed by atoms with Crippen molar-refractivity contribution < 1.29 is 19.0 Å². The van der Waals surface area contributed by atoms with Gasteiger partial charge in [0.25, 0.3) is 5.91 Å². The number of benzene rings is 3. The Bertz CT molecular complexity index is 1120. The second kappa shape index (κ2) is 11.7. The molecule has 1 fully saturated rings. The van der Waals surface area contributed by atoms with Crippen LogP contribution < -0.4 is 14.4 Å². The van der Waals surface area contributed by atoms with Gasteiger partial charge in [-0.15, -0.1) is 0 Å². The first-order valence-corrected chi connectivity index (χ1v) is 11.8. The molecule has 168 valence electrons. The molecule has 1 amide bonds. The molecule has 0 saturated carbocycles. The van der Waals surface area contributed by atoms with Crippen molar-refractivity contribution in [2.24, 2.45) is 0 Å². The molecular weight excluding hydrogens is 454 g/mol. The van der Waals surface area contributed by atoms with E-state index in [1.807, 2.05) is 91.0 Å². The quantitative estimate of drug-likeness (QED) is 0.216. The Labute approximate surface area is 203 Å². The maximum absolute atomic E-state index is 13.0. The lowest BCUT2D eigenvalue weighted by Gasteiger charge is -2.14. The minimum Gasteiger partial charge on any atom is -0.491 e. The number of ether oxygens (including phenoxy) is 3. The van der Waals surface area contributed by atoms with Crippen LogP contribution in [0.1, 0.15) is 5.56 Å². The SMILES string of the molecule is O=C1/C(=C/c2ccccc2OCCOCCOc2ccccc2)SC(=S)N1c1ccccc1. The summed E-state index contributed by atoms with van der Waals surface area (Å²) in [7, 11) is 0. The third-order valence-electron chi connectivity index (χ3n) is 4.74. The largest absolute Gasteiger partial charge is 0.491 e. The monoisotopic (exact) mass is 477 g/mol. The number of thiocarbonyl (C=S) groups is 1. The van der Waals surface area contributed by atoms with Crippen molar-refractivity contribution in [1.82, 2.24) is 0 Å². The standard InChI is InChI=1S/C26H23NO4S2/c28-25-24(33-26(32)27(25)21-10-3-1-4-11-21)19-20-9-7-8-14-23(20)31-18-16-29-15-17-30-22-12-5-2-6-13-22/h1-14,19H,15-18H2/b24-19-. The van der Waals surface area contributed by atoms with Crippen LogP contribution in [-0.4, -0.2) is 36.7 Å². The average Bonchev–Trinajstić information content (AvgIpc) is 3.13. The Morgan fingerprint density at radius 1 is 0.788 bits per heavy atom. The van der Waals surface area contributed by atoms with Gasteiger partial charge in [0.15, 0.2) is 4.32 Å². The molecule has 0 unspecified atom stereocenters. The zero-order valence-electron chi connectivity index (χ0n) is 17.9. The highest BCUT2D eigenvalue weighted by atomic mass is 32.2. The van der Waals surface area contributed by atoms with Gasteiger partial charge in [0.1, 0.15) is 24.7 Å². The highest BCUT2D eigenvalue weighted by Gasteiger charge is 2.33. The Balaban J connectivity index is 1.30. The van der Waals surface area contributed by atoms with E-state index in [9.17, 15) is 4.79 Å². The van der Waals surface area contributed by atoms with Crippen LogP contribution in [0.5, 0.6) is 11.5 Å². The van der Waals surface area contributed by atoms with E-state index >= 15 is 0 Å². The number of carbonyl (C=O) groups excluding carboxylic acids is 1. The van der Waals surface area contributed by atoms with Crippen LogP contribution in [0.15, 0.2) is 89.8 Å². The van der Waals surface area contributed by atoms with Gasteiger partial charge >= 0.3 is 0 Å². The van der Waals surface area contributed by atoms with E-state index < -0.39 is 0 Å². The summed E-state index contributed by atoms with van der Waals surface area (Å²) in [5, 5.41) is 0. The lowest BCUT2D eigenvalue weighted by molar-refractivity contribution is -0.113. The Hall–Kier alpha value is -3.13. The molecule has 3 aromatic carbocycles.